The van der Waals surface area contributed by atoms with E-state index in [-0.39, 0.29) is 6.04 Å². The molecule has 0 bridgehead atoms. The van der Waals surface area contributed by atoms with Crippen LogP contribution in [0.25, 0.3) is 0 Å². The molecule has 0 aromatic rings. The van der Waals surface area contributed by atoms with Gasteiger partial charge in [-0.05, 0) is 38.8 Å². The van der Waals surface area contributed by atoms with E-state index < -0.39 is 0 Å². The van der Waals surface area contributed by atoms with E-state index >= 15 is 0 Å². The highest BCUT2D eigenvalue weighted by molar-refractivity contribution is 4.93. The predicted octanol–water partition coefficient (Wildman–Crippen LogP) is 2.16. The van der Waals surface area contributed by atoms with E-state index in [1.807, 2.05) is 0 Å². The summed E-state index contributed by atoms with van der Waals surface area (Å²) in [6, 6.07) is 2.60. The molecule has 0 spiro atoms. The highest BCUT2D eigenvalue weighted by atomic mass is 15.2. The molecule has 0 aliphatic carbocycles. The minimum absolute atomic E-state index is 0.213. The van der Waals surface area contributed by atoms with Gasteiger partial charge in [0.15, 0.2) is 0 Å². The van der Waals surface area contributed by atoms with Gasteiger partial charge in [0, 0.05) is 0 Å². The number of nitriles is 1. The minimum atomic E-state index is 0.213. The molecular formula is C10H18N2. The minimum Gasteiger partial charge on any atom is -0.288 e. The predicted molar refractivity (Wildman–Crippen MR) is 49.7 cm³/mol. The first-order valence-corrected chi connectivity index (χ1v) is 5.02. The maximum absolute atomic E-state index is 8.87. The Bertz CT molecular complexity index is 160. The van der Waals surface area contributed by atoms with Crippen LogP contribution >= 0.6 is 0 Å². The largest absolute Gasteiger partial charge is 0.288 e. The summed E-state index contributed by atoms with van der Waals surface area (Å²) >= 11 is 0. The normalized spacial score (nSPS) is 25.2. The lowest BCUT2D eigenvalue weighted by molar-refractivity contribution is 0.182. The molecule has 2 heteroatoms. The Morgan fingerprint density at radius 3 is 3.00 bits per heavy atom. The number of likely N-dealkylation sites (tertiary alicyclic amines) is 1. The van der Waals surface area contributed by atoms with Gasteiger partial charge >= 0.3 is 0 Å². The fourth-order valence-electron chi connectivity index (χ4n) is 1.77. The molecule has 12 heavy (non-hydrogen) atoms. The van der Waals surface area contributed by atoms with E-state index in [9.17, 15) is 0 Å². The second kappa shape index (κ2) is 5.16. The Morgan fingerprint density at radius 1 is 1.50 bits per heavy atom. The van der Waals surface area contributed by atoms with Crippen LogP contribution in [0.2, 0.25) is 0 Å². The van der Waals surface area contributed by atoms with E-state index in [4.69, 9.17) is 5.26 Å². The molecule has 0 aromatic heterocycles. The Balaban J connectivity index is 2.32. The zero-order valence-electron chi connectivity index (χ0n) is 7.92. The molecule has 1 aliphatic rings. The van der Waals surface area contributed by atoms with Crippen molar-refractivity contribution in [2.75, 3.05) is 13.1 Å². The van der Waals surface area contributed by atoms with E-state index in [1.165, 1.54) is 25.7 Å². The Morgan fingerprint density at radius 2 is 2.33 bits per heavy atom. The molecule has 0 aromatic carbocycles. The zero-order chi connectivity index (χ0) is 8.81. The molecule has 68 valence electrons. The second-order valence-electron chi connectivity index (χ2n) is 3.53. The molecule has 1 heterocycles. The van der Waals surface area contributed by atoms with Crippen molar-refractivity contribution in [2.45, 2.75) is 45.1 Å². The van der Waals surface area contributed by atoms with Crippen molar-refractivity contribution in [3.8, 4) is 6.07 Å². The van der Waals surface area contributed by atoms with Crippen molar-refractivity contribution in [1.29, 1.82) is 5.26 Å². The average molecular weight is 166 g/mol. The molecule has 1 atom stereocenters. The highest BCUT2D eigenvalue weighted by Gasteiger charge is 2.20. The van der Waals surface area contributed by atoms with Crippen LogP contribution in [0.5, 0.6) is 0 Å². The molecular weight excluding hydrogens is 148 g/mol. The van der Waals surface area contributed by atoms with Gasteiger partial charge in [-0.3, -0.25) is 4.90 Å². The third-order valence-electron chi connectivity index (χ3n) is 2.56. The number of nitrogens with zero attached hydrogens (tertiary/aromatic N) is 2. The van der Waals surface area contributed by atoms with Gasteiger partial charge in [0.1, 0.15) is 0 Å². The summed E-state index contributed by atoms with van der Waals surface area (Å²) in [5.41, 5.74) is 0. The second-order valence-corrected chi connectivity index (χ2v) is 3.53. The highest BCUT2D eigenvalue weighted by Crippen LogP contribution is 2.16. The fraction of sp³-hybridized carbons (Fsp3) is 0.900. The zero-order valence-corrected chi connectivity index (χ0v) is 7.92. The van der Waals surface area contributed by atoms with E-state index in [2.05, 4.69) is 17.9 Å². The Labute approximate surface area is 75.2 Å². The Hall–Kier alpha value is -0.550. The lowest BCUT2D eigenvalue weighted by Crippen LogP contribution is -2.38. The molecule has 0 amide bonds. The standard InChI is InChI=1S/C10H18N2/c1-2-3-7-12-8-5-4-6-10(12)9-11/h10H,2-8H2,1H3. The van der Waals surface area contributed by atoms with Crippen molar-refractivity contribution in [2.24, 2.45) is 0 Å². The first-order chi connectivity index (χ1) is 5.88. The molecule has 0 saturated carbocycles. The molecule has 1 aliphatic heterocycles. The lowest BCUT2D eigenvalue weighted by Gasteiger charge is -2.30. The maximum atomic E-state index is 8.87. The molecule has 1 rings (SSSR count). The van der Waals surface area contributed by atoms with E-state index in [1.54, 1.807) is 0 Å². The average Bonchev–Trinajstić information content (AvgIpc) is 2.15. The molecule has 1 unspecified atom stereocenters. The first kappa shape index (κ1) is 9.54. The number of hydrogen-bond donors (Lipinski definition) is 0. The van der Waals surface area contributed by atoms with Crippen molar-refractivity contribution in [3.63, 3.8) is 0 Å². The van der Waals surface area contributed by atoms with Crippen LogP contribution in [0.1, 0.15) is 39.0 Å². The quantitative estimate of drug-likeness (QED) is 0.642. The monoisotopic (exact) mass is 166 g/mol. The molecule has 0 N–H and O–H groups in total. The van der Waals surface area contributed by atoms with Crippen molar-refractivity contribution in [1.82, 2.24) is 4.90 Å². The summed E-state index contributed by atoms with van der Waals surface area (Å²) in [4.78, 5) is 2.34. The van der Waals surface area contributed by atoms with Crippen LogP contribution < -0.4 is 0 Å². The van der Waals surface area contributed by atoms with Crippen LogP contribution in [-0.4, -0.2) is 24.0 Å². The maximum Gasteiger partial charge on any atom is 0.0977 e. The topological polar surface area (TPSA) is 27.0 Å². The summed E-state index contributed by atoms with van der Waals surface area (Å²) in [7, 11) is 0. The van der Waals surface area contributed by atoms with Crippen LogP contribution in [0, 0.1) is 11.3 Å². The third kappa shape index (κ3) is 2.49. The van der Waals surface area contributed by atoms with Crippen molar-refractivity contribution in [3.05, 3.63) is 0 Å². The number of unbranched alkanes of at least 4 members (excludes halogenated alkanes) is 1. The fourth-order valence-corrected chi connectivity index (χ4v) is 1.77. The van der Waals surface area contributed by atoms with Gasteiger partial charge in [-0.2, -0.15) is 5.26 Å². The lowest BCUT2D eigenvalue weighted by atomic mass is 10.0. The summed E-state index contributed by atoms with van der Waals surface area (Å²) in [6.45, 7) is 4.46. The summed E-state index contributed by atoms with van der Waals surface area (Å²) < 4.78 is 0. The smallest absolute Gasteiger partial charge is 0.0977 e. The molecule has 1 saturated heterocycles. The van der Waals surface area contributed by atoms with Crippen molar-refractivity contribution >= 4 is 0 Å². The third-order valence-corrected chi connectivity index (χ3v) is 2.56. The van der Waals surface area contributed by atoms with Crippen LogP contribution in [0.4, 0.5) is 0 Å². The van der Waals surface area contributed by atoms with E-state index in [0.717, 1.165) is 19.5 Å². The number of rotatable bonds is 3. The van der Waals surface area contributed by atoms with E-state index in [0.29, 0.717) is 0 Å². The molecule has 1 fully saturated rings. The van der Waals surface area contributed by atoms with Gasteiger partial charge in [0.25, 0.3) is 0 Å². The summed E-state index contributed by atoms with van der Waals surface area (Å²) in [6.07, 6.45) is 6.07. The van der Waals surface area contributed by atoms with Crippen LogP contribution in [0.15, 0.2) is 0 Å². The van der Waals surface area contributed by atoms with Gasteiger partial charge in [0.05, 0.1) is 12.1 Å². The van der Waals surface area contributed by atoms with Crippen molar-refractivity contribution < 1.29 is 0 Å². The van der Waals surface area contributed by atoms with Gasteiger partial charge in [-0.25, -0.2) is 0 Å². The van der Waals surface area contributed by atoms with Crippen LogP contribution in [0.3, 0.4) is 0 Å². The molecule has 2 nitrogen and oxygen atoms in total. The Kier molecular flexibility index (Phi) is 4.10. The van der Waals surface area contributed by atoms with Gasteiger partial charge in [-0.1, -0.05) is 13.3 Å². The SMILES string of the molecule is CCCCN1CCCCC1C#N. The molecule has 0 radical (unpaired) electrons. The first-order valence-electron chi connectivity index (χ1n) is 5.02. The van der Waals surface area contributed by atoms with Gasteiger partial charge in [-0.15, -0.1) is 0 Å². The number of piperidine rings is 1. The van der Waals surface area contributed by atoms with Gasteiger partial charge in [0.2, 0.25) is 0 Å². The summed E-state index contributed by atoms with van der Waals surface area (Å²) in [5.74, 6) is 0. The van der Waals surface area contributed by atoms with Crippen LogP contribution in [-0.2, 0) is 0 Å². The number of hydrogen-bond acceptors (Lipinski definition) is 2. The van der Waals surface area contributed by atoms with Gasteiger partial charge < -0.3 is 0 Å². The summed E-state index contributed by atoms with van der Waals surface area (Å²) in [5, 5.41) is 8.87.